The summed E-state index contributed by atoms with van der Waals surface area (Å²) in [6.45, 7) is 7.58. The van der Waals surface area contributed by atoms with E-state index < -0.39 is 0 Å². The molecule has 5 nitrogen and oxygen atoms in total. The molecule has 1 heterocycles. The highest BCUT2D eigenvalue weighted by Gasteiger charge is 2.02. The molecule has 24 heavy (non-hydrogen) atoms. The summed E-state index contributed by atoms with van der Waals surface area (Å²) < 4.78 is 18.5. The number of benzene rings is 1. The van der Waals surface area contributed by atoms with Crippen molar-refractivity contribution in [2.45, 2.75) is 13.5 Å². The summed E-state index contributed by atoms with van der Waals surface area (Å²) >= 11 is 0. The zero-order valence-electron chi connectivity index (χ0n) is 13.6. The number of nitrogens with zero attached hydrogens (tertiary/aromatic N) is 2. The Morgan fingerprint density at radius 3 is 2.79 bits per heavy atom. The van der Waals surface area contributed by atoms with Gasteiger partial charge in [-0.3, -0.25) is 0 Å². The molecule has 0 aliphatic carbocycles. The van der Waals surface area contributed by atoms with E-state index >= 15 is 0 Å². The lowest BCUT2D eigenvalue weighted by molar-refractivity contribution is 0.460. The van der Waals surface area contributed by atoms with Gasteiger partial charge < -0.3 is 15.4 Å². The van der Waals surface area contributed by atoms with Crippen molar-refractivity contribution in [3.05, 3.63) is 66.6 Å². The van der Waals surface area contributed by atoms with Crippen LogP contribution in [0.4, 0.5) is 4.39 Å². The van der Waals surface area contributed by atoms with E-state index in [4.69, 9.17) is 4.74 Å². The second-order valence-corrected chi connectivity index (χ2v) is 4.92. The molecule has 0 aliphatic rings. The highest BCUT2D eigenvalue weighted by atomic mass is 19.1. The fourth-order valence-corrected chi connectivity index (χ4v) is 1.91. The number of nitrogens with one attached hydrogen (secondary N) is 2. The first-order chi connectivity index (χ1) is 11.7. The summed E-state index contributed by atoms with van der Waals surface area (Å²) in [7, 11) is 0. The van der Waals surface area contributed by atoms with Gasteiger partial charge in [-0.25, -0.2) is 14.4 Å². The Morgan fingerprint density at radius 2 is 2.08 bits per heavy atom. The lowest BCUT2D eigenvalue weighted by Gasteiger charge is -2.10. The van der Waals surface area contributed by atoms with Gasteiger partial charge in [0.15, 0.2) is 5.96 Å². The average molecular weight is 328 g/mol. The Bertz CT molecular complexity index is 686. The lowest BCUT2D eigenvalue weighted by atomic mass is 10.2. The molecule has 0 spiro atoms. The molecular formula is C18H21FN4O. The van der Waals surface area contributed by atoms with Crippen LogP contribution >= 0.6 is 0 Å². The molecule has 0 saturated heterocycles. The molecule has 0 amide bonds. The van der Waals surface area contributed by atoms with Gasteiger partial charge in [-0.1, -0.05) is 6.08 Å². The van der Waals surface area contributed by atoms with Gasteiger partial charge in [0.1, 0.15) is 11.6 Å². The standard InChI is InChI=1S/C18H21FN4O/c1-3-10-22-18(20-4-2)23-13-14-9-11-21-17(12-14)24-16-7-5-15(19)6-8-16/h3,5-9,11-12H,1,4,10,13H2,2H3,(H2,20,22,23). The summed E-state index contributed by atoms with van der Waals surface area (Å²) in [6, 6.07) is 9.49. The second-order valence-electron chi connectivity index (χ2n) is 4.92. The van der Waals surface area contributed by atoms with Crippen molar-refractivity contribution < 1.29 is 9.13 Å². The number of ether oxygens (including phenoxy) is 1. The predicted octanol–water partition coefficient (Wildman–Crippen LogP) is 3.25. The van der Waals surface area contributed by atoms with E-state index in [-0.39, 0.29) is 5.82 Å². The molecule has 2 rings (SSSR count). The van der Waals surface area contributed by atoms with E-state index in [0.29, 0.717) is 24.7 Å². The van der Waals surface area contributed by atoms with Crippen molar-refractivity contribution in [2.75, 3.05) is 13.1 Å². The zero-order chi connectivity index (χ0) is 17.2. The van der Waals surface area contributed by atoms with Gasteiger partial charge in [0.25, 0.3) is 0 Å². The molecule has 0 saturated carbocycles. The molecule has 126 valence electrons. The van der Waals surface area contributed by atoms with Gasteiger partial charge >= 0.3 is 0 Å². The third-order valence-corrected chi connectivity index (χ3v) is 3.01. The first-order valence-corrected chi connectivity index (χ1v) is 7.72. The summed E-state index contributed by atoms with van der Waals surface area (Å²) in [4.78, 5) is 8.66. The van der Waals surface area contributed by atoms with Gasteiger partial charge in [-0.05, 0) is 42.8 Å². The van der Waals surface area contributed by atoms with Gasteiger partial charge in [-0.15, -0.1) is 6.58 Å². The number of aliphatic imine (C=N–C) groups is 1. The molecule has 1 aromatic heterocycles. The Morgan fingerprint density at radius 1 is 1.29 bits per heavy atom. The maximum absolute atomic E-state index is 12.9. The molecule has 1 aromatic carbocycles. The molecule has 0 atom stereocenters. The minimum Gasteiger partial charge on any atom is -0.439 e. The van der Waals surface area contributed by atoms with E-state index in [1.54, 1.807) is 24.4 Å². The van der Waals surface area contributed by atoms with Crippen LogP contribution in [0, 0.1) is 5.82 Å². The minimum absolute atomic E-state index is 0.304. The Hall–Kier alpha value is -2.89. The first-order valence-electron chi connectivity index (χ1n) is 7.72. The number of hydrogen-bond donors (Lipinski definition) is 2. The van der Waals surface area contributed by atoms with Gasteiger partial charge in [0.2, 0.25) is 5.88 Å². The normalized spacial score (nSPS) is 11.0. The smallest absolute Gasteiger partial charge is 0.219 e. The molecule has 0 radical (unpaired) electrons. The summed E-state index contributed by atoms with van der Waals surface area (Å²) in [5.41, 5.74) is 0.956. The van der Waals surface area contributed by atoms with Crippen molar-refractivity contribution in [2.24, 2.45) is 4.99 Å². The SMILES string of the molecule is C=CCNC(=NCc1ccnc(Oc2ccc(F)cc2)c1)NCC. The quantitative estimate of drug-likeness (QED) is 0.465. The van der Waals surface area contributed by atoms with Crippen LogP contribution < -0.4 is 15.4 Å². The monoisotopic (exact) mass is 328 g/mol. The van der Waals surface area contributed by atoms with Crippen LogP contribution in [0.1, 0.15) is 12.5 Å². The maximum Gasteiger partial charge on any atom is 0.219 e. The van der Waals surface area contributed by atoms with E-state index in [2.05, 4.69) is 27.2 Å². The van der Waals surface area contributed by atoms with Crippen molar-refractivity contribution >= 4 is 5.96 Å². The van der Waals surface area contributed by atoms with E-state index in [1.165, 1.54) is 12.1 Å². The second kappa shape index (κ2) is 9.29. The summed E-state index contributed by atoms with van der Waals surface area (Å²) in [6.07, 6.45) is 3.43. The molecule has 0 bridgehead atoms. The Balaban J connectivity index is 2.03. The number of rotatable bonds is 7. The number of guanidine groups is 1. The molecular weight excluding hydrogens is 307 g/mol. The minimum atomic E-state index is -0.304. The number of hydrogen-bond acceptors (Lipinski definition) is 3. The highest BCUT2D eigenvalue weighted by Crippen LogP contribution is 2.20. The Labute approximate surface area is 141 Å². The van der Waals surface area contributed by atoms with Crippen molar-refractivity contribution in [1.82, 2.24) is 15.6 Å². The summed E-state index contributed by atoms with van der Waals surface area (Å²) in [5, 5.41) is 6.29. The van der Waals surface area contributed by atoms with Gasteiger partial charge in [0.05, 0.1) is 6.54 Å². The fraction of sp³-hybridized carbons (Fsp3) is 0.222. The van der Waals surface area contributed by atoms with Crippen molar-refractivity contribution in [3.63, 3.8) is 0 Å². The van der Waals surface area contributed by atoms with Crippen LogP contribution in [0.25, 0.3) is 0 Å². The lowest BCUT2D eigenvalue weighted by Crippen LogP contribution is -2.37. The van der Waals surface area contributed by atoms with Crippen LogP contribution in [0.5, 0.6) is 11.6 Å². The molecule has 2 N–H and O–H groups in total. The third kappa shape index (κ3) is 5.72. The van der Waals surface area contributed by atoms with Crippen LogP contribution in [0.2, 0.25) is 0 Å². The van der Waals surface area contributed by atoms with Crippen LogP contribution in [-0.2, 0) is 6.54 Å². The van der Waals surface area contributed by atoms with E-state index in [9.17, 15) is 4.39 Å². The molecule has 0 fully saturated rings. The van der Waals surface area contributed by atoms with Crippen molar-refractivity contribution in [1.29, 1.82) is 0 Å². The molecule has 2 aromatic rings. The largest absolute Gasteiger partial charge is 0.439 e. The third-order valence-electron chi connectivity index (χ3n) is 3.01. The average Bonchev–Trinajstić information content (AvgIpc) is 2.60. The van der Waals surface area contributed by atoms with Gasteiger partial charge in [-0.2, -0.15) is 0 Å². The fourth-order valence-electron chi connectivity index (χ4n) is 1.91. The topological polar surface area (TPSA) is 58.5 Å². The van der Waals surface area contributed by atoms with Gasteiger partial charge in [0, 0.05) is 25.4 Å². The molecule has 6 heteroatoms. The molecule has 0 aliphatic heterocycles. The highest BCUT2D eigenvalue weighted by molar-refractivity contribution is 5.79. The van der Waals surface area contributed by atoms with E-state index in [0.717, 1.165) is 18.1 Å². The number of pyridine rings is 1. The number of halogens is 1. The Kier molecular flexibility index (Phi) is 6.76. The first kappa shape index (κ1) is 17.5. The zero-order valence-corrected chi connectivity index (χ0v) is 13.6. The van der Waals surface area contributed by atoms with Crippen molar-refractivity contribution in [3.8, 4) is 11.6 Å². The number of aromatic nitrogens is 1. The van der Waals surface area contributed by atoms with Crippen LogP contribution in [-0.4, -0.2) is 24.0 Å². The van der Waals surface area contributed by atoms with Crippen LogP contribution in [0.15, 0.2) is 60.2 Å². The summed E-state index contributed by atoms with van der Waals surface area (Å²) in [5.74, 6) is 1.39. The van der Waals surface area contributed by atoms with E-state index in [1.807, 2.05) is 19.1 Å². The van der Waals surface area contributed by atoms with Crippen LogP contribution in [0.3, 0.4) is 0 Å². The molecule has 0 unspecified atom stereocenters. The predicted molar refractivity (Wildman–Crippen MR) is 93.7 cm³/mol. The maximum atomic E-state index is 12.9.